The van der Waals surface area contributed by atoms with E-state index in [0.717, 1.165) is 40.4 Å². The van der Waals surface area contributed by atoms with Crippen molar-refractivity contribution in [3.63, 3.8) is 0 Å². The molecule has 5 nitrogen and oxygen atoms in total. The maximum absolute atomic E-state index is 13.1. The zero-order chi connectivity index (χ0) is 22.9. The van der Waals surface area contributed by atoms with E-state index in [2.05, 4.69) is 10.5 Å². The Labute approximate surface area is 184 Å². The van der Waals surface area contributed by atoms with Gasteiger partial charge in [-0.2, -0.15) is 13.2 Å². The number of alkyl halides is 3. The van der Waals surface area contributed by atoms with Crippen LogP contribution in [0.4, 0.5) is 19.1 Å². The summed E-state index contributed by atoms with van der Waals surface area (Å²) in [6.45, 7) is 4.95. The van der Waals surface area contributed by atoms with E-state index >= 15 is 0 Å². The highest BCUT2D eigenvalue weighted by Crippen LogP contribution is 2.37. The number of nitrogens with one attached hydrogen (secondary N) is 1. The number of hydrogen-bond donors (Lipinski definition) is 1. The fourth-order valence-corrected chi connectivity index (χ4v) is 3.57. The first-order chi connectivity index (χ1) is 15.3. The molecule has 0 fully saturated rings. The van der Waals surface area contributed by atoms with Crippen LogP contribution in [-0.4, -0.2) is 17.4 Å². The van der Waals surface area contributed by atoms with E-state index in [1.807, 2.05) is 67.3 Å². The predicted molar refractivity (Wildman–Crippen MR) is 116 cm³/mol. The Morgan fingerprint density at radius 3 is 2.53 bits per heavy atom. The number of nitrogens with zero attached hydrogens (tertiary/aromatic N) is 2. The van der Waals surface area contributed by atoms with Gasteiger partial charge in [-0.25, -0.2) is 0 Å². The van der Waals surface area contributed by atoms with Gasteiger partial charge >= 0.3 is 6.18 Å². The minimum Gasteiger partial charge on any atom is -0.472 e. The molecule has 0 spiro atoms. The number of anilines is 1. The maximum Gasteiger partial charge on any atom is 0.403 e. The molecule has 4 rings (SSSR count). The molecule has 0 radical (unpaired) electrons. The summed E-state index contributed by atoms with van der Waals surface area (Å²) >= 11 is 0. The van der Waals surface area contributed by atoms with Crippen LogP contribution in [0.3, 0.4) is 0 Å². The smallest absolute Gasteiger partial charge is 0.403 e. The van der Waals surface area contributed by atoms with Gasteiger partial charge in [-0.15, -0.1) is 0 Å². The number of aromatic nitrogens is 1. The van der Waals surface area contributed by atoms with Crippen molar-refractivity contribution in [3.8, 4) is 11.1 Å². The molecule has 2 atom stereocenters. The fraction of sp³-hybridized carbons (Fsp3) is 0.292. The van der Waals surface area contributed by atoms with Gasteiger partial charge in [0.2, 0.25) is 12.1 Å². The van der Waals surface area contributed by atoms with Crippen LogP contribution in [0.2, 0.25) is 0 Å². The van der Waals surface area contributed by atoms with E-state index in [9.17, 15) is 13.2 Å². The van der Waals surface area contributed by atoms with Gasteiger partial charge in [0.15, 0.2) is 0 Å². The fourth-order valence-electron chi connectivity index (χ4n) is 3.57. The summed E-state index contributed by atoms with van der Waals surface area (Å²) in [7, 11) is 0. The van der Waals surface area contributed by atoms with Crippen LogP contribution in [0.1, 0.15) is 35.5 Å². The van der Waals surface area contributed by atoms with Crippen LogP contribution in [-0.2, 0) is 11.3 Å². The largest absolute Gasteiger partial charge is 0.472 e. The van der Waals surface area contributed by atoms with Crippen molar-refractivity contribution in [3.05, 3.63) is 83.4 Å². The Morgan fingerprint density at radius 1 is 1.12 bits per heavy atom. The van der Waals surface area contributed by atoms with E-state index in [4.69, 9.17) is 9.26 Å². The van der Waals surface area contributed by atoms with E-state index in [1.54, 1.807) is 12.5 Å². The molecule has 8 heteroatoms. The summed E-state index contributed by atoms with van der Waals surface area (Å²) in [4.78, 5) is 1.82. The van der Waals surface area contributed by atoms with Crippen LogP contribution >= 0.6 is 0 Å². The summed E-state index contributed by atoms with van der Waals surface area (Å²) in [6, 6.07) is 13.7. The third-order valence-corrected chi connectivity index (χ3v) is 5.64. The van der Waals surface area contributed by atoms with Crippen LogP contribution < -0.4 is 10.2 Å². The summed E-state index contributed by atoms with van der Waals surface area (Å²) in [5.41, 5.74) is 5.00. The number of benzene rings is 2. The highest BCUT2D eigenvalue weighted by molar-refractivity contribution is 5.68. The third-order valence-electron chi connectivity index (χ3n) is 5.64. The van der Waals surface area contributed by atoms with Gasteiger partial charge in [-0.3, -0.25) is 4.90 Å². The van der Waals surface area contributed by atoms with Gasteiger partial charge in [0.1, 0.15) is 12.3 Å². The lowest BCUT2D eigenvalue weighted by atomic mass is 9.96. The zero-order valence-electron chi connectivity index (χ0n) is 18.0. The average Bonchev–Trinajstić information content (AvgIpc) is 3.38. The molecule has 0 aliphatic carbocycles. The molecule has 1 aromatic heterocycles. The molecule has 0 saturated heterocycles. The number of halogens is 3. The van der Waals surface area contributed by atoms with E-state index < -0.39 is 18.4 Å². The van der Waals surface area contributed by atoms with E-state index in [-0.39, 0.29) is 6.54 Å². The van der Waals surface area contributed by atoms with Gasteiger partial charge < -0.3 is 14.6 Å². The first-order valence-electron chi connectivity index (χ1n) is 10.3. The minimum atomic E-state index is -4.32. The zero-order valence-corrected chi connectivity index (χ0v) is 18.0. The number of aryl methyl sites for hydroxylation is 1. The number of ether oxygens (including phenoxy) is 1. The van der Waals surface area contributed by atoms with Crippen LogP contribution in [0.15, 0.2) is 65.5 Å². The lowest BCUT2D eigenvalue weighted by Gasteiger charge is -2.24. The third kappa shape index (κ3) is 4.36. The van der Waals surface area contributed by atoms with E-state index in [1.165, 1.54) is 0 Å². The molecule has 0 bridgehead atoms. The molecule has 1 N–H and O–H groups in total. The molecule has 2 unspecified atom stereocenters. The van der Waals surface area contributed by atoms with Crippen LogP contribution in [0.25, 0.3) is 11.1 Å². The second-order valence-electron chi connectivity index (χ2n) is 7.81. The highest BCUT2D eigenvalue weighted by Gasteiger charge is 2.35. The van der Waals surface area contributed by atoms with Crippen LogP contribution in [0, 0.1) is 13.8 Å². The summed E-state index contributed by atoms with van der Waals surface area (Å²) in [5.74, 6) is 0.568. The average molecular weight is 443 g/mol. The molecule has 1 aliphatic rings. The first-order valence-corrected chi connectivity index (χ1v) is 10.3. The number of hydrogen-bond acceptors (Lipinski definition) is 5. The molecule has 32 heavy (non-hydrogen) atoms. The van der Waals surface area contributed by atoms with Crippen molar-refractivity contribution in [1.82, 2.24) is 10.5 Å². The standard InChI is InChI=1S/C24H24F3N3O2/c1-15-16(2)29-32-22(15)30-11-12-31-23(30)19-9-10-21(18-7-5-4-6-8-18)20(13-19)14-28-17(3)24(25,26)27/h4-13,17,23,28H,14H2,1-3H3. The summed E-state index contributed by atoms with van der Waals surface area (Å²) < 4.78 is 50.5. The Balaban J connectivity index is 1.68. The second kappa shape index (κ2) is 8.70. The summed E-state index contributed by atoms with van der Waals surface area (Å²) in [6.07, 6.45) is -1.51. The first kappa shape index (κ1) is 22.0. The van der Waals surface area contributed by atoms with Crippen molar-refractivity contribution in [1.29, 1.82) is 0 Å². The molecular weight excluding hydrogens is 419 g/mol. The maximum atomic E-state index is 13.1. The van der Waals surface area contributed by atoms with Crippen molar-refractivity contribution in [2.24, 2.45) is 0 Å². The van der Waals surface area contributed by atoms with Gasteiger partial charge in [-0.1, -0.05) is 47.6 Å². The predicted octanol–water partition coefficient (Wildman–Crippen LogP) is 6.01. The second-order valence-corrected chi connectivity index (χ2v) is 7.81. The van der Waals surface area contributed by atoms with Crippen molar-refractivity contribution in [2.75, 3.05) is 4.90 Å². The monoisotopic (exact) mass is 443 g/mol. The molecule has 3 aromatic rings. The molecule has 1 aliphatic heterocycles. The van der Waals surface area contributed by atoms with Crippen molar-refractivity contribution in [2.45, 2.75) is 45.8 Å². The Morgan fingerprint density at radius 2 is 1.88 bits per heavy atom. The molecule has 168 valence electrons. The van der Waals surface area contributed by atoms with Crippen molar-refractivity contribution < 1.29 is 22.4 Å². The van der Waals surface area contributed by atoms with E-state index in [0.29, 0.717) is 5.88 Å². The van der Waals surface area contributed by atoms with Gasteiger partial charge in [0, 0.05) is 23.9 Å². The quantitative estimate of drug-likeness (QED) is 0.506. The Bertz CT molecular complexity index is 1110. The molecule has 2 heterocycles. The SMILES string of the molecule is Cc1noc(N2C=COC2c2ccc(-c3ccccc3)c(CNC(C)C(F)(F)F)c2)c1C. The summed E-state index contributed by atoms with van der Waals surface area (Å²) in [5, 5.41) is 6.61. The molecule has 0 saturated carbocycles. The topological polar surface area (TPSA) is 50.5 Å². The minimum absolute atomic E-state index is 0.0549. The molecule has 0 amide bonds. The van der Waals surface area contributed by atoms with Crippen molar-refractivity contribution >= 4 is 5.88 Å². The Kier molecular flexibility index (Phi) is 5.97. The highest BCUT2D eigenvalue weighted by atomic mass is 19.4. The van der Waals surface area contributed by atoms with Gasteiger partial charge in [-0.05, 0) is 43.5 Å². The number of rotatable bonds is 6. The van der Waals surface area contributed by atoms with Crippen LogP contribution in [0.5, 0.6) is 0 Å². The molecule has 2 aromatic carbocycles. The van der Waals surface area contributed by atoms with Gasteiger partial charge in [0.25, 0.3) is 0 Å². The lowest BCUT2D eigenvalue weighted by molar-refractivity contribution is -0.151. The lowest BCUT2D eigenvalue weighted by Crippen LogP contribution is -2.39. The van der Waals surface area contributed by atoms with Gasteiger partial charge in [0.05, 0.1) is 5.69 Å². The molecular formula is C24H24F3N3O2. The Hall–Kier alpha value is -3.26. The normalized spacial score (nSPS) is 16.9.